The van der Waals surface area contributed by atoms with Crippen LogP contribution in [-0.4, -0.2) is 0 Å². The minimum Gasteiger partial charge on any atom is -0.390 e. The number of thiophene rings is 3. The van der Waals surface area contributed by atoms with Crippen LogP contribution in [0.3, 0.4) is 0 Å². The van der Waals surface area contributed by atoms with Crippen molar-refractivity contribution >= 4 is 70.4 Å². The average molecular weight is 271 g/mol. The second kappa shape index (κ2) is 3.13. The van der Waals surface area contributed by atoms with Crippen LogP contribution in [0.5, 0.6) is 0 Å². The molecule has 0 aliphatic rings. The molecule has 2 N–H and O–H groups in total. The fourth-order valence-corrected chi connectivity index (χ4v) is 6.04. The van der Waals surface area contributed by atoms with E-state index in [0.29, 0.717) is 0 Å². The maximum atomic E-state index is 5.94. The lowest BCUT2D eigenvalue weighted by Gasteiger charge is -1.87. The van der Waals surface area contributed by atoms with Crippen LogP contribution in [0.2, 0.25) is 0 Å². The van der Waals surface area contributed by atoms with E-state index in [-0.39, 0.29) is 0 Å². The molecule has 0 amide bonds. The molecule has 0 radical (unpaired) electrons. The highest BCUT2D eigenvalue weighted by molar-refractivity contribution is 7.81. The molecule has 0 aliphatic heterocycles. The van der Waals surface area contributed by atoms with Gasteiger partial charge in [-0.1, -0.05) is 0 Å². The summed E-state index contributed by atoms with van der Waals surface area (Å²) in [5.74, 6) is 0. The summed E-state index contributed by atoms with van der Waals surface area (Å²) in [7, 11) is 0. The summed E-state index contributed by atoms with van der Waals surface area (Å²) >= 11 is 9.90. The van der Waals surface area contributed by atoms with Gasteiger partial charge in [-0.3, -0.25) is 0 Å². The number of nitrogens with two attached hydrogens (primary N) is 1. The van der Waals surface area contributed by atoms with Gasteiger partial charge in [-0.2, -0.15) is 0 Å². The molecule has 0 unspecified atom stereocenters. The SMILES string of the molecule is Cc1sc2c(sc3c(C)c(N)sc32)c1S. The molecule has 15 heavy (non-hydrogen) atoms. The molecule has 3 aromatic heterocycles. The molecule has 78 valence electrons. The number of rotatable bonds is 0. The first-order valence-corrected chi connectivity index (χ1v) is 7.38. The van der Waals surface area contributed by atoms with E-state index in [1.165, 1.54) is 29.2 Å². The molecule has 0 atom stereocenters. The van der Waals surface area contributed by atoms with Crippen molar-refractivity contribution in [1.82, 2.24) is 0 Å². The molecular weight excluding hydrogens is 262 g/mol. The van der Waals surface area contributed by atoms with Crippen LogP contribution in [0.25, 0.3) is 18.8 Å². The largest absolute Gasteiger partial charge is 0.390 e. The Balaban J connectivity index is 2.57. The van der Waals surface area contributed by atoms with Crippen molar-refractivity contribution in [2.75, 3.05) is 5.73 Å². The Morgan fingerprint density at radius 3 is 2.33 bits per heavy atom. The van der Waals surface area contributed by atoms with Crippen molar-refractivity contribution in [3.05, 3.63) is 10.4 Å². The molecule has 3 aromatic rings. The number of hydrogen-bond acceptors (Lipinski definition) is 5. The molecule has 0 fully saturated rings. The predicted molar refractivity (Wildman–Crippen MR) is 76.2 cm³/mol. The molecule has 0 saturated carbocycles. The zero-order valence-corrected chi connectivity index (χ0v) is 11.6. The van der Waals surface area contributed by atoms with Gasteiger partial charge in [-0.15, -0.1) is 46.6 Å². The molecule has 0 spiro atoms. The van der Waals surface area contributed by atoms with E-state index in [2.05, 4.69) is 26.5 Å². The lowest BCUT2D eigenvalue weighted by atomic mass is 10.3. The Bertz CT molecular complexity index is 614. The van der Waals surface area contributed by atoms with E-state index in [9.17, 15) is 0 Å². The maximum absolute atomic E-state index is 5.94. The lowest BCUT2D eigenvalue weighted by molar-refractivity contribution is 1.49. The molecule has 3 rings (SSSR count). The average Bonchev–Trinajstić information content (AvgIpc) is 2.75. The summed E-state index contributed by atoms with van der Waals surface area (Å²) in [6.07, 6.45) is 0. The van der Waals surface area contributed by atoms with Crippen LogP contribution in [-0.2, 0) is 0 Å². The molecule has 0 bridgehead atoms. The van der Waals surface area contributed by atoms with Crippen LogP contribution in [0.1, 0.15) is 10.4 Å². The van der Waals surface area contributed by atoms with Gasteiger partial charge in [0.05, 0.1) is 23.8 Å². The number of nitrogen functional groups attached to an aromatic ring is 1. The molecule has 5 heteroatoms. The van der Waals surface area contributed by atoms with Crippen molar-refractivity contribution in [2.45, 2.75) is 18.7 Å². The van der Waals surface area contributed by atoms with Crippen molar-refractivity contribution in [2.24, 2.45) is 0 Å². The highest BCUT2D eigenvalue weighted by Gasteiger charge is 2.17. The van der Waals surface area contributed by atoms with Gasteiger partial charge in [0.2, 0.25) is 0 Å². The first-order chi connectivity index (χ1) is 7.09. The van der Waals surface area contributed by atoms with Crippen LogP contribution in [0, 0.1) is 13.8 Å². The van der Waals surface area contributed by atoms with Gasteiger partial charge >= 0.3 is 0 Å². The highest BCUT2D eigenvalue weighted by atomic mass is 32.1. The minimum atomic E-state index is 0.949. The topological polar surface area (TPSA) is 26.0 Å². The third-order valence-corrected chi connectivity index (χ3v) is 7.39. The number of thiol groups is 1. The fourth-order valence-electron chi connectivity index (χ4n) is 1.65. The van der Waals surface area contributed by atoms with Gasteiger partial charge in [0.1, 0.15) is 0 Å². The van der Waals surface area contributed by atoms with Crippen molar-refractivity contribution < 1.29 is 0 Å². The first-order valence-electron chi connectivity index (χ1n) is 4.49. The van der Waals surface area contributed by atoms with Crippen LogP contribution in [0.4, 0.5) is 5.00 Å². The lowest BCUT2D eigenvalue weighted by Crippen LogP contribution is -1.79. The third-order valence-electron chi connectivity index (χ3n) is 2.55. The monoisotopic (exact) mass is 271 g/mol. The second-order valence-electron chi connectivity index (χ2n) is 3.52. The summed E-state index contributed by atoms with van der Waals surface area (Å²) in [5, 5.41) is 0.949. The first kappa shape index (κ1) is 9.96. The van der Waals surface area contributed by atoms with Gasteiger partial charge in [0.25, 0.3) is 0 Å². The van der Waals surface area contributed by atoms with Crippen LogP contribution in [0.15, 0.2) is 4.90 Å². The Kier molecular flexibility index (Phi) is 2.08. The van der Waals surface area contributed by atoms with Gasteiger partial charge in [0, 0.05) is 15.3 Å². The highest BCUT2D eigenvalue weighted by Crippen LogP contribution is 2.49. The quantitative estimate of drug-likeness (QED) is 0.571. The number of hydrogen-bond donors (Lipinski definition) is 2. The Labute approximate surface area is 105 Å². The fraction of sp³-hybridized carbons (Fsp3) is 0.200. The standard InChI is InChI=1S/C10H9NS4/c1-3-6-8(15-10(3)11)9-7(14-6)5(12)4(2)13-9/h12H,11H2,1-2H3. The number of aryl methyl sites for hydroxylation is 2. The molecule has 0 aromatic carbocycles. The van der Waals surface area contributed by atoms with E-state index in [1.54, 1.807) is 11.3 Å². The second-order valence-corrected chi connectivity index (χ2v) is 7.26. The molecule has 0 saturated heterocycles. The predicted octanol–water partition coefficient (Wildman–Crippen LogP) is 4.67. The molecule has 0 aliphatic carbocycles. The van der Waals surface area contributed by atoms with Gasteiger partial charge in [0.15, 0.2) is 0 Å². The van der Waals surface area contributed by atoms with Crippen LogP contribution >= 0.6 is 46.6 Å². The van der Waals surface area contributed by atoms with E-state index < -0.39 is 0 Å². The molecular formula is C10H9NS4. The van der Waals surface area contributed by atoms with Crippen molar-refractivity contribution in [3.63, 3.8) is 0 Å². The summed E-state index contributed by atoms with van der Waals surface area (Å²) in [4.78, 5) is 2.44. The Morgan fingerprint density at radius 2 is 1.60 bits per heavy atom. The van der Waals surface area contributed by atoms with Crippen molar-refractivity contribution in [3.8, 4) is 0 Å². The third kappa shape index (κ3) is 1.21. The number of fused-ring (bicyclic) bond motifs is 3. The minimum absolute atomic E-state index is 0.949. The molecule has 1 nitrogen and oxygen atoms in total. The zero-order chi connectivity index (χ0) is 10.7. The van der Waals surface area contributed by atoms with Crippen LogP contribution < -0.4 is 5.73 Å². The maximum Gasteiger partial charge on any atom is 0.0907 e. The summed E-state index contributed by atoms with van der Waals surface area (Å²) in [6, 6.07) is 0. The summed E-state index contributed by atoms with van der Waals surface area (Å²) in [5.41, 5.74) is 7.17. The van der Waals surface area contributed by atoms with E-state index in [0.717, 1.165) is 9.90 Å². The normalized spacial score (nSPS) is 11.9. The van der Waals surface area contributed by atoms with E-state index in [4.69, 9.17) is 5.73 Å². The van der Waals surface area contributed by atoms with Crippen molar-refractivity contribution in [1.29, 1.82) is 0 Å². The number of anilines is 1. The zero-order valence-electron chi connectivity index (χ0n) is 8.25. The Morgan fingerprint density at radius 1 is 0.933 bits per heavy atom. The molecule has 3 heterocycles. The van der Waals surface area contributed by atoms with Gasteiger partial charge < -0.3 is 5.73 Å². The Hall–Kier alpha value is -0.230. The summed E-state index contributed by atoms with van der Waals surface area (Å²) in [6.45, 7) is 4.22. The summed E-state index contributed by atoms with van der Waals surface area (Å²) < 4.78 is 5.37. The van der Waals surface area contributed by atoms with Gasteiger partial charge in [-0.25, -0.2) is 0 Å². The van der Waals surface area contributed by atoms with Gasteiger partial charge in [-0.05, 0) is 13.8 Å². The van der Waals surface area contributed by atoms with E-state index in [1.807, 2.05) is 22.7 Å². The van der Waals surface area contributed by atoms with E-state index >= 15 is 0 Å². The smallest absolute Gasteiger partial charge is 0.0907 e.